The van der Waals surface area contributed by atoms with Crippen molar-refractivity contribution in [3.63, 3.8) is 0 Å². The van der Waals surface area contributed by atoms with Crippen molar-refractivity contribution in [2.75, 3.05) is 31.7 Å². The molecular formula is C13H18N2O3. The Morgan fingerprint density at radius 2 is 2.50 bits per heavy atom. The van der Waals surface area contributed by atoms with Gasteiger partial charge in [-0.2, -0.15) is 0 Å². The van der Waals surface area contributed by atoms with Crippen LogP contribution in [0, 0.1) is 5.92 Å². The molecular weight excluding hydrogens is 232 g/mol. The van der Waals surface area contributed by atoms with E-state index in [9.17, 15) is 4.79 Å². The van der Waals surface area contributed by atoms with Crippen LogP contribution in [0.1, 0.15) is 23.3 Å². The molecule has 1 N–H and O–H groups in total. The van der Waals surface area contributed by atoms with Crippen LogP contribution in [0.2, 0.25) is 0 Å². The molecule has 2 heterocycles. The number of carbonyl (C=O) groups is 1. The van der Waals surface area contributed by atoms with E-state index in [1.807, 2.05) is 6.07 Å². The molecule has 1 aromatic heterocycles. The molecule has 5 nitrogen and oxygen atoms in total. The number of ether oxygens (including phenoxy) is 1. The highest BCUT2D eigenvalue weighted by atomic mass is 16.5. The smallest absolute Gasteiger partial charge is 0.356 e. The van der Waals surface area contributed by atoms with E-state index in [0.29, 0.717) is 11.6 Å². The van der Waals surface area contributed by atoms with E-state index in [-0.39, 0.29) is 5.69 Å². The molecule has 98 valence electrons. The number of pyridine rings is 1. The normalized spacial score (nSPS) is 19.8. The van der Waals surface area contributed by atoms with Crippen LogP contribution in [-0.2, 0) is 4.74 Å². The Labute approximate surface area is 106 Å². The van der Waals surface area contributed by atoms with Crippen LogP contribution in [0.25, 0.3) is 0 Å². The minimum absolute atomic E-state index is 0.135. The van der Waals surface area contributed by atoms with Crippen molar-refractivity contribution < 1.29 is 14.6 Å². The molecule has 5 heteroatoms. The van der Waals surface area contributed by atoms with Crippen LogP contribution in [0.3, 0.4) is 0 Å². The molecule has 0 aromatic carbocycles. The van der Waals surface area contributed by atoms with E-state index in [0.717, 1.165) is 32.5 Å². The van der Waals surface area contributed by atoms with Gasteiger partial charge in [-0.25, -0.2) is 9.78 Å². The van der Waals surface area contributed by atoms with Gasteiger partial charge >= 0.3 is 5.97 Å². The second kappa shape index (κ2) is 5.82. The summed E-state index contributed by atoms with van der Waals surface area (Å²) in [6, 6.07) is 3.60. The number of aromatic nitrogens is 1. The van der Waals surface area contributed by atoms with Gasteiger partial charge in [-0.05, 0) is 30.9 Å². The first-order valence-corrected chi connectivity index (χ1v) is 6.14. The van der Waals surface area contributed by atoms with Gasteiger partial charge in [0.25, 0.3) is 0 Å². The van der Waals surface area contributed by atoms with E-state index in [2.05, 4.69) is 9.88 Å². The second-order valence-electron chi connectivity index (χ2n) is 4.59. The van der Waals surface area contributed by atoms with Crippen molar-refractivity contribution in [3.8, 4) is 0 Å². The summed E-state index contributed by atoms with van der Waals surface area (Å²) in [5.41, 5.74) is 0.848. The maximum Gasteiger partial charge on any atom is 0.356 e. The zero-order valence-corrected chi connectivity index (χ0v) is 10.5. The van der Waals surface area contributed by atoms with E-state index < -0.39 is 5.97 Å². The molecule has 0 amide bonds. The monoisotopic (exact) mass is 250 g/mol. The van der Waals surface area contributed by atoms with E-state index in [1.54, 1.807) is 13.2 Å². The maximum absolute atomic E-state index is 11.2. The lowest BCUT2D eigenvalue weighted by Gasteiger charge is -2.34. The molecule has 0 aliphatic carbocycles. The third kappa shape index (κ3) is 2.79. The summed E-state index contributed by atoms with van der Waals surface area (Å²) < 4.78 is 5.18. The molecule has 0 saturated carbocycles. The lowest BCUT2D eigenvalue weighted by molar-refractivity contribution is 0.0691. The summed E-state index contributed by atoms with van der Waals surface area (Å²) in [4.78, 5) is 17.2. The fourth-order valence-corrected chi connectivity index (χ4v) is 2.47. The van der Waals surface area contributed by atoms with Crippen molar-refractivity contribution in [3.05, 3.63) is 24.0 Å². The number of aromatic carboxylic acids is 1. The number of hydrogen-bond donors (Lipinski definition) is 1. The Balaban J connectivity index is 2.18. The number of carboxylic acid groups (broad SMARTS) is 1. The van der Waals surface area contributed by atoms with Crippen molar-refractivity contribution in [1.82, 2.24) is 4.98 Å². The topological polar surface area (TPSA) is 62.7 Å². The average molecular weight is 250 g/mol. The third-order valence-corrected chi connectivity index (χ3v) is 3.25. The molecule has 0 radical (unpaired) electrons. The average Bonchev–Trinajstić information content (AvgIpc) is 2.39. The molecule has 1 atom stereocenters. The predicted molar refractivity (Wildman–Crippen MR) is 68.0 cm³/mol. The summed E-state index contributed by atoms with van der Waals surface area (Å²) >= 11 is 0. The molecule has 0 bridgehead atoms. The first-order chi connectivity index (χ1) is 8.72. The quantitative estimate of drug-likeness (QED) is 0.880. The second-order valence-corrected chi connectivity index (χ2v) is 4.59. The van der Waals surface area contributed by atoms with Crippen LogP contribution in [-0.4, -0.2) is 42.9 Å². The van der Waals surface area contributed by atoms with Crippen molar-refractivity contribution in [2.45, 2.75) is 12.8 Å². The van der Waals surface area contributed by atoms with Gasteiger partial charge < -0.3 is 14.7 Å². The number of methoxy groups -OCH3 is 1. The minimum Gasteiger partial charge on any atom is -0.476 e. The molecule has 2 rings (SSSR count). The number of rotatable bonds is 4. The molecule has 18 heavy (non-hydrogen) atoms. The van der Waals surface area contributed by atoms with Crippen LogP contribution < -0.4 is 4.90 Å². The predicted octanol–water partition coefficient (Wildman–Crippen LogP) is 1.64. The molecule has 1 fully saturated rings. The first-order valence-electron chi connectivity index (χ1n) is 6.14. The van der Waals surface area contributed by atoms with Gasteiger partial charge in [0.05, 0.1) is 12.3 Å². The fraction of sp³-hybridized carbons (Fsp3) is 0.538. The fourth-order valence-electron chi connectivity index (χ4n) is 2.47. The minimum atomic E-state index is -0.973. The van der Waals surface area contributed by atoms with E-state index in [4.69, 9.17) is 9.84 Å². The van der Waals surface area contributed by atoms with Gasteiger partial charge in [0.2, 0.25) is 0 Å². The Hall–Kier alpha value is -1.62. The molecule has 1 aliphatic heterocycles. The maximum atomic E-state index is 11.2. The van der Waals surface area contributed by atoms with Crippen LogP contribution in [0.4, 0.5) is 5.69 Å². The lowest BCUT2D eigenvalue weighted by atomic mass is 9.98. The highest BCUT2D eigenvalue weighted by molar-refractivity contribution is 5.92. The van der Waals surface area contributed by atoms with Gasteiger partial charge in [0.15, 0.2) is 5.69 Å². The SMILES string of the molecule is COCC1CCCN(c2cccnc2C(=O)O)C1. The van der Waals surface area contributed by atoms with Crippen LogP contribution in [0.15, 0.2) is 18.3 Å². The van der Waals surface area contributed by atoms with Crippen molar-refractivity contribution >= 4 is 11.7 Å². The van der Waals surface area contributed by atoms with Crippen LogP contribution in [0.5, 0.6) is 0 Å². The highest BCUT2D eigenvalue weighted by Crippen LogP contribution is 2.25. The van der Waals surface area contributed by atoms with Gasteiger partial charge in [0.1, 0.15) is 0 Å². The summed E-state index contributed by atoms with van der Waals surface area (Å²) in [6.45, 7) is 2.44. The first kappa shape index (κ1) is 12.8. The molecule has 1 aromatic rings. The van der Waals surface area contributed by atoms with Crippen molar-refractivity contribution in [2.24, 2.45) is 5.92 Å². The number of nitrogens with zero attached hydrogens (tertiary/aromatic N) is 2. The highest BCUT2D eigenvalue weighted by Gasteiger charge is 2.23. The largest absolute Gasteiger partial charge is 0.476 e. The van der Waals surface area contributed by atoms with Crippen LogP contribution >= 0.6 is 0 Å². The van der Waals surface area contributed by atoms with E-state index >= 15 is 0 Å². The molecule has 1 aliphatic rings. The van der Waals surface area contributed by atoms with Crippen molar-refractivity contribution in [1.29, 1.82) is 0 Å². The Morgan fingerprint density at radius 3 is 3.22 bits per heavy atom. The van der Waals surface area contributed by atoms with Gasteiger partial charge in [-0.3, -0.25) is 0 Å². The number of anilines is 1. The Bertz CT molecular complexity index is 420. The lowest BCUT2D eigenvalue weighted by Crippen LogP contribution is -2.38. The Morgan fingerprint density at radius 1 is 1.67 bits per heavy atom. The standard InChI is InChI=1S/C13H18N2O3/c1-18-9-10-4-3-7-15(8-10)11-5-2-6-14-12(11)13(16)17/h2,5-6,10H,3-4,7-9H2,1H3,(H,16,17). The Kier molecular flexibility index (Phi) is 4.15. The summed E-state index contributed by atoms with van der Waals surface area (Å²) in [5, 5.41) is 9.15. The number of hydrogen-bond acceptors (Lipinski definition) is 4. The zero-order chi connectivity index (χ0) is 13.0. The zero-order valence-electron chi connectivity index (χ0n) is 10.5. The number of piperidine rings is 1. The number of carboxylic acids is 1. The molecule has 1 unspecified atom stereocenters. The van der Waals surface area contributed by atoms with Gasteiger partial charge in [0, 0.05) is 26.4 Å². The molecule has 0 spiro atoms. The third-order valence-electron chi connectivity index (χ3n) is 3.25. The summed E-state index contributed by atoms with van der Waals surface area (Å²) in [6.07, 6.45) is 3.71. The molecule has 1 saturated heterocycles. The summed E-state index contributed by atoms with van der Waals surface area (Å²) in [7, 11) is 1.70. The van der Waals surface area contributed by atoms with Gasteiger partial charge in [-0.15, -0.1) is 0 Å². The summed E-state index contributed by atoms with van der Waals surface area (Å²) in [5.74, 6) is -0.509. The van der Waals surface area contributed by atoms with Gasteiger partial charge in [-0.1, -0.05) is 0 Å². The van der Waals surface area contributed by atoms with E-state index in [1.165, 1.54) is 6.20 Å².